The molecule has 338 valence electrons. The summed E-state index contributed by atoms with van der Waals surface area (Å²) in [7, 11) is 0. The molecule has 0 aliphatic rings. The molecule has 0 aliphatic carbocycles. The standard InChI is InChI=1S/C57H47N3O8/c1-6-51(61)39-65-52-31-25-47(26-32-52)60(48-29-35-54(36-30-48)68-57(64)9-4)50-12-10-11-49(37-50)59(42-17-13-40(5)14-18-42)45-23-21-44(22-24-45)58(46-27-33-53(34-28-46)67-56(63)8-3)43-19-15-41(16-20-43)38-66-55(62)7-2/h6-37H,1-4,38-39H2,5H3. The Morgan fingerprint density at radius 2 is 0.779 bits per heavy atom. The molecule has 7 rings (SSSR count). The maximum atomic E-state index is 12.0. The van der Waals surface area contributed by atoms with E-state index in [0.717, 1.165) is 80.5 Å². The molecule has 11 heteroatoms. The maximum Gasteiger partial charge on any atom is 0.335 e. The lowest BCUT2D eigenvalue weighted by Crippen LogP contribution is -2.14. The first-order valence-corrected chi connectivity index (χ1v) is 21.4. The van der Waals surface area contributed by atoms with E-state index in [0.29, 0.717) is 17.2 Å². The summed E-state index contributed by atoms with van der Waals surface area (Å²) in [6, 6.07) is 54.0. The molecule has 0 fully saturated rings. The first-order valence-electron chi connectivity index (χ1n) is 21.4. The number of anilines is 9. The molecule has 0 heterocycles. The van der Waals surface area contributed by atoms with Gasteiger partial charge in [0.25, 0.3) is 0 Å². The molecule has 0 atom stereocenters. The van der Waals surface area contributed by atoms with Crippen LogP contribution in [0.2, 0.25) is 0 Å². The number of ketones is 1. The molecule has 0 aromatic heterocycles. The second-order valence-corrected chi connectivity index (χ2v) is 15.0. The van der Waals surface area contributed by atoms with Gasteiger partial charge in [-0.3, -0.25) is 4.79 Å². The molecule has 7 aromatic carbocycles. The van der Waals surface area contributed by atoms with Crippen LogP contribution < -0.4 is 28.9 Å². The topological polar surface area (TPSA) is 115 Å². The molecule has 0 N–H and O–H groups in total. The van der Waals surface area contributed by atoms with Gasteiger partial charge in [-0.2, -0.15) is 0 Å². The van der Waals surface area contributed by atoms with E-state index in [1.54, 1.807) is 36.4 Å². The zero-order valence-corrected chi connectivity index (χ0v) is 37.3. The number of aryl methyl sites for hydroxylation is 1. The van der Waals surface area contributed by atoms with Crippen molar-refractivity contribution in [3.8, 4) is 17.2 Å². The van der Waals surface area contributed by atoms with Gasteiger partial charge in [0.05, 0.1) is 0 Å². The number of hydrogen-bond acceptors (Lipinski definition) is 11. The SMILES string of the molecule is C=CC(=O)COc1ccc(N(c2ccc(OC(=O)C=C)cc2)c2cccc(N(c3ccc(C)cc3)c3ccc(N(c4ccc(COC(=O)C=C)cc4)c4ccc(OC(=O)C=C)cc4)cc3)c2)cc1. The summed E-state index contributed by atoms with van der Waals surface area (Å²) in [5.41, 5.74) is 9.41. The molecule has 0 spiro atoms. The van der Waals surface area contributed by atoms with Gasteiger partial charge in [0, 0.05) is 69.4 Å². The Kier molecular flexibility index (Phi) is 15.2. The van der Waals surface area contributed by atoms with E-state index < -0.39 is 17.9 Å². The summed E-state index contributed by atoms with van der Waals surface area (Å²) in [6.07, 6.45) is 4.58. The Labute approximate surface area is 395 Å². The fraction of sp³-hybridized carbons (Fsp3) is 0.0526. The van der Waals surface area contributed by atoms with Crippen molar-refractivity contribution in [2.75, 3.05) is 21.3 Å². The van der Waals surface area contributed by atoms with Crippen molar-refractivity contribution in [2.24, 2.45) is 0 Å². The monoisotopic (exact) mass is 901 g/mol. The zero-order valence-electron chi connectivity index (χ0n) is 37.3. The van der Waals surface area contributed by atoms with Gasteiger partial charge in [0.1, 0.15) is 23.9 Å². The highest BCUT2D eigenvalue weighted by molar-refractivity contribution is 5.90. The molecule has 7 aromatic rings. The Morgan fingerprint density at radius 3 is 1.18 bits per heavy atom. The molecule has 0 unspecified atom stereocenters. The average molecular weight is 902 g/mol. The minimum absolute atomic E-state index is 0.0946. The molecule has 0 bridgehead atoms. The van der Waals surface area contributed by atoms with Crippen molar-refractivity contribution >= 4 is 74.9 Å². The molecule has 0 saturated heterocycles. The third-order valence-electron chi connectivity index (χ3n) is 10.4. The highest BCUT2D eigenvalue weighted by Gasteiger charge is 2.20. The molecule has 0 radical (unpaired) electrons. The molecule has 0 saturated carbocycles. The molecule has 11 nitrogen and oxygen atoms in total. The van der Waals surface area contributed by atoms with Crippen LogP contribution in [0.1, 0.15) is 11.1 Å². The molecular formula is C57H47N3O8. The zero-order chi connectivity index (χ0) is 48.0. The Balaban J connectivity index is 1.28. The van der Waals surface area contributed by atoms with Crippen LogP contribution in [0.15, 0.2) is 220 Å². The highest BCUT2D eigenvalue weighted by atomic mass is 16.5. The van der Waals surface area contributed by atoms with Gasteiger partial charge in [-0.05, 0) is 158 Å². The summed E-state index contributed by atoms with van der Waals surface area (Å²) >= 11 is 0. The van der Waals surface area contributed by atoms with Crippen LogP contribution in [0.5, 0.6) is 17.2 Å². The van der Waals surface area contributed by atoms with Crippen molar-refractivity contribution in [3.05, 3.63) is 232 Å². The number of benzene rings is 7. The third kappa shape index (κ3) is 11.7. The van der Waals surface area contributed by atoms with E-state index in [-0.39, 0.29) is 19.0 Å². The minimum atomic E-state index is -0.563. The van der Waals surface area contributed by atoms with E-state index in [2.05, 4.69) is 83.5 Å². The normalized spacial score (nSPS) is 10.4. The first kappa shape index (κ1) is 46.8. The van der Waals surface area contributed by atoms with E-state index in [1.165, 1.54) is 6.08 Å². The van der Waals surface area contributed by atoms with Crippen molar-refractivity contribution in [2.45, 2.75) is 13.5 Å². The summed E-state index contributed by atoms with van der Waals surface area (Å²) < 4.78 is 21.7. The summed E-state index contributed by atoms with van der Waals surface area (Å²) in [5.74, 6) is -0.602. The number of rotatable bonds is 20. The number of carbonyl (C=O) groups is 4. The average Bonchev–Trinajstić information content (AvgIpc) is 3.38. The smallest absolute Gasteiger partial charge is 0.335 e. The summed E-state index contributed by atoms with van der Waals surface area (Å²) in [4.78, 5) is 53.9. The molecule has 0 amide bonds. The molecular weight excluding hydrogens is 855 g/mol. The van der Waals surface area contributed by atoms with E-state index in [1.807, 2.05) is 97.9 Å². The van der Waals surface area contributed by atoms with Crippen molar-refractivity contribution in [3.63, 3.8) is 0 Å². The fourth-order valence-electron chi connectivity index (χ4n) is 7.06. The second kappa shape index (κ2) is 22.1. The van der Waals surface area contributed by atoms with Crippen LogP contribution in [-0.4, -0.2) is 30.3 Å². The van der Waals surface area contributed by atoms with Crippen molar-refractivity contribution in [1.29, 1.82) is 0 Å². The van der Waals surface area contributed by atoms with Crippen LogP contribution in [0, 0.1) is 6.92 Å². The first-order chi connectivity index (χ1) is 33.0. The van der Waals surface area contributed by atoms with E-state index >= 15 is 0 Å². The Bertz CT molecular complexity index is 2930. The minimum Gasteiger partial charge on any atom is -0.485 e. The number of esters is 3. The van der Waals surface area contributed by atoms with Crippen LogP contribution in [-0.2, 0) is 30.5 Å². The van der Waals surface area contributed by atoms with Crippen LogP contribution >= 0.6 is 0 Å². The van der Waals surface area contributed by atoms with Gasteiger partial charge in [-0.1, -0.05) is 62.2 Å². The predicted molar refractivity (Wildman–Crippen MR) is 268 cm³/mol. The quantitative estimate of drug-likeness (QED) is 0.0414. The lowest BCUT2D eigenvalue weighted by molar-refractivity contribution is -0.139. The van der Waals surface area contributed by atoms with Gasteiger partial charge in [0.15, 0.2) is 12.4 Å². The number of ether oxygens (including phenoxy) is 4. The summed E-state index contributed by atoms with van der Waals surface area (Å²) in [6.45, 7) is 16.0. The van der Waals surface area contributed by atoms with Crippen LogP contribution in [0.25, 0.3) is 0 Å². The molecule has 0 aliphatic heterocycles. The largest absolute Gasteiger partial charge is 0.485 e. The highest BCUT2D eigenvalue weighted by Crippen LogP contribution is 2.43. The summed E-state index contributed by atoms with van der Waals surface area (Å²) in [5, 5.41) is 0. The van der Waals surface area contributed by atoms with E-state index in [9.17, 15) is 19.2 Å². The lowest BCUT2D eigenvalue weighted by Gasteiger charge is -2.30. The van der Waals surface area contributed by atoms with Gasteiger partial charge >= 0.3 is 17.9 Å². The number of hydrogen-bond donors (Lipinski definition) is 0. The maximum absolute atomic E-state index is 12.0. The molecule has 68 heavy (non-hydrogen) atoms. The third-order valence-corrected chi connectivity index (χ3v) is 10.4. The van der Waals surface area contributed by atoms with Gasteiger partial charge in [0.2, 0.25) is 0 Å². The Morgan fingerprint density at radius 1 is 0.426 bits per heavy atom. The number of nitrogens with zero attached hydrogens (tertiary/aromatic N) is 3. The van der Waals surface area contributed by atoms with Crippen molar-refractivity contribution in [1.82, 2.24) is 0 Å². The Hall–Kier alpha value is -9.22. The predicted octanol–water partition coefficient (Wildman–Crippen LogP) is 13.0. The second-order valence-electron chi connectivity index (χ2n) is 15.0. The van der Waals surface area contributed by atoms with Gasteiger partial charge in [-0.15, -0.1) is 0 Å². The van der Waals surface area contributed by atoms with Crippen LogP contribution in [0.4, 0.5) is 51.2 Å². The van der Waals surface area contributed by atoms with Crippen molar-refractivity contribution < 1.29 is 38.1 Å². The van der Waals surface area contributed by atoms with Gasteiger partial charge in [-0.25, -0.2) is 14.4 Å². The van der Waals surface area contributed by atoms with Gasteiger partial charge < -0.3 is 33.6 Å². The van der Waals surface area contributed by atoms with E-state index in [4.69, 9.17) is 18.9 Å². The lowest BCUT2D eigenvalue weighted by atomic mass is 10.1. The van der Waals surface area contributed by atoms with Crippen LogP contribution in [0.3, 0.4) is 0 Å². The fourth-order valence-corrected chi connectivity index (χ4v) is 7.06. The number of carbonyl (C=O) groups excluding carboxylic acids is 4.